The zero-order chi connectivity index (χ0) is 21.1. The van der Waals surface area contributed by atoms with Gasteiger partial charge in [-0.2, -0.15) is 0 Å². The van der Waals surface area contributed by atoms with Gasteiger partial charge in [0.1, 0.15) is 5.75 Å². The second-order valence-corrected chi connectivity index (χ2v) is 8.62. The van der Waals surface area contributed by atoms with Gasteiger partial charge in [-0.15, -0.1) is 0 Å². The molecule has 4 rings (SSSR count). The SMILES string of the molecule is C.C.Cc1ccc(-c2ccc(-c3ccc(OCC4CCC(C)CC4)cc3)c(F)c2F)cc1. The summed E-state index contributed by atoms with van der Waals surface area (Å²) >= 11 is 0. The van der Waals surface area contributed by atoms with Crippen LogP contribution < -0.4 is 4.74 Å². The molecular formula is C29H36F2O. The third-order valence-corrected chi connectivity index (χ3v) is 6.23. The molecule has 1 fully saturated rings. The van der Waals surface area contributed by atoms with Crippen molar-refractivity contribution >= 4 is 0 Å². The van der Waals surface area contributed by atoms with Gasteiger partial charge in [0.15, 0.2) is 11.6 Å². The average Bonchev–Trinajstić information content (AvgIpc) is 2.76. The molecule has 0 bridgehead atoms. The van der Waals surface area contributed by atoms with Crippen molar-refractivity contribution in [3.8, 4) is 28.0 Å². The van der Waals surface area contributed by atoms with Crippen LogP contribution in [0.3, 0.4) is 0 Å². The quantitative estimate of drug-likeness (QED) is 0.386. The van der Waals surface area contributed by atoms with Crippen molar-refractivity contribution in [2.24, 2.45) is 11.8 Å². The van der Waals surface area contributed by atoms with Crippen LogP contribution in [-0.2, 0) is 0 Å². The molecule has 1 aliphatic rings. The smallest absolute Gasteiger partial charge is 0.167 e. The summed E-state index contributed by atoms with van der Waals surface area (Å²) in [4.78, 5) is 0. The second kappa shape index (κ2) is 11.3. The van der Waals surface area contributed by atoms with E-state index in [1.165, 1.54) is 25.7 Å². The van der Waals surface area contributed by atoms with E-state index in [2.05, 4.69) is 6.92 Å². The highest BCUT2D eigenvalue weighted by atomic mass is 19.2. The van der Waals surface area contributed by atoms with Gasteiger partial charge >= 0.3 is 0 Å². The van der Waals surface area contributed by atoms with Crippen LogP contribution >= 0.6 is 0 Å². The Morgan fingerprint density at radius 3 is 1.69 bits per heavy atom. The maximum absolute atomic E-state index is 14.8. The maximum atomic E-state index is 14.8. The minimum absolute atomic E-state index is 0. The van der Waals surface area contributed by atoms with Crippen LogP contribution in [0.5, 0.6) is 5.75 Å². The average molecular weight is 439 g/mol. The summed E-state index contributed by atoms with van der Waals surface area (Å²) in [7, 11) is 0. The predicted octanol–water partition coefficient (Wildman–Crippen LogP) is 9.08. The van der Waals surface area contributed by atoms with Crippen LogP contribution in [0.1, 0.15) is 53.0 Å². The first-order valence-corrected chi connectivity index (χ1v) is 10.8. The van der Waals surface area contributed by atoms with Gasteiger partial charge in [-0.05, 0) is 54.9 Å². The van der Waals surface area contributed by atoms with E-state index in [1.807, 2.05) is 43.3 Å². The largest absolute Gasteiger partial charge is 0.493 e. The van der Waals surface area contributed by atoms with Crippen LogP contribution in [0.15, 0.2) is 60.7 Å². The molecule has 3 heteroatoms. The van der Waals surface area contributed by atoms with Gasteiger partial charge in [0.05, 0.1) is 6.61 Å². The van der Waals surface area contributed by atoms with Crippen molar-refractivity contribution in [3.63, 3.8) is 0 Å². The molecule has 0 N–H and O–H groups in total. The van der Waals surface area contributed by atoms with Gasteiger partial charge in [-0.25, -0.2) is 8.78 Å². The molecule has 0 heterocycles. The molecule has 0 spiro atoms. The van der Waals surface area contributed by atoms with Crippen molar-refractivity contribution < 1.29 is 13.5 Å². The number of hydrogen-bond donors (Lipinski definition) is 0. The third kappa shape index (κ3) is 5.76. The third-order valence-electron chi connectivity index (χ3n) is 6.23. The highest BCUT2D eigenvalue weighted by Crippen LogP contribution is 2.33. The van der Waals surface area contributed by atoms with Crippen LogP contribution in [0.4, 0.5) is 8.78 Å². The number of aryl methyl sites for hydroxylation is 1. The van der Waals surface area contributed by atoms with E-state index in [-0.39, 0.29) is 26.0 Å². The van der Waals surface area contributed by atoms with Crippen molar-refractivity contribution in [3.05, 3.63) is 77.9 Å². The van der Waals surface area contributed by atoms with Crippen LogP contribution in [-0.4, -0.2) is 6.61 Å². The summed E-state index contributed by atoms with van der Waals surface area (Å²) < 4.78 is 35.5. The highest BCUT2D eigenvalue weighted by Gasteiger charge is 2.19. The van der Waals surface area contributed by atoms with Crippen molar-refractivity contribution in [1.82, 2.24) is 0 Å². The van der Waals surface area contributed by atoms with Gasteiger partial charge in [0, 0.05) is 11.1 Å². The van der Waals surface area contributed by atoms with Gasteiger partial charge in [0.25, 0.3) is 0 Å². The Hall–Kier alpha value is -2.68. The van der Waals surface area contributed by atoms with Gasteiger partial charge in [-0.3, -0.25) is 0 Å². The minimum Gasteiger partial charge on any atom is -0.493 e. The lowest BCUT2D eigenvalue weighted by Gasteiger charge is -2.26. The molecule has 0 unspecified atom stereocenters. The lowest BCUT2D eigenvalue weighted by atomic mass is 9.83. The van der Waals surface area contributed by atoms with Crippen molar-refractivity contribution in [2.45, 2.75) is 54.4 Å². The molecule has 3 aromatic rings. The number of rotatable bonds is 5. The lowest BCUT2D eigenvalue weighted by Crippen LogP contribution is -2.18. The summed E-state index contributed by atoms with van der Waals surface area (Å²) in [5.74, 6) is 0.575. The Bertz CT molecular complexity index is 985. The molecule has 3 aromatic carbocycles. The molecule has 1 aliphatic carbocycles. The molecule has 0 aliphatic heterocycles. The number of halogens is 2. The Morgan fingerprint density at radius 1 is 0.719 bits per heavy atom. The van der Waals surface area contributed by atoms with Gasteiger partial charge < -0.3 is 4.74 Å². The Labute approximate surface area is 192 Å². The van der Waals surface area contributed by atoms with Crippen molar-refractivity contribution in [2.75, 3.05) is 6.61 Å². The molecule has 0 aromatic heterocycles. The lowest BCUT2D eigenvalue weighted by molar-refractivity contribution is 0.188. The second-order valence-electron chi connectivity index (χ2n) is 8.62. The van der Waals surface area contributed by atoms with E-state index in [1.54, 1.807) is 24.3 Å². The summed E-state index contributed by atoms with van der Waals surface area (Å²) in [5.41, 5.74) is 2.93. The summed E-state index contributed by atoms with van der Waals surface area (Å²) in [5, 5.41) is 0. The molecule has 0 amide bonds. The first kappa shape index (κ1) is 25.6. The first-order chi connectivity index (χ1) is 14.5. The zero-order valence-electron chi connectivity index (χ0n) is 17.6. The van der Waals surface area contributed by atoms with Crippen molar-refractivity contribution in [1.29, 1.82) is 0 Å². The Balaban J connectivity index is 0.00000181. The van der Waals surface area contributed by atoms with E-state index in [0.717, 1.165) is 23.8 Å². The van der Waals surface area contributed by atoms with E-state index >= 15 is 0 Å². The topological polar surface area (TPSA) is 9.23 Å². The minimum atomic E-state index is -0.821. The molecule has 0 saturated heterocycles. The predicted molar refractivity (Wildman–Crippen MR) is 132 cm³/mol. The normalized spacial score (nSPS) is 17.8. The molecule has 172 valence electrons. The van der Waals surface area contributed by atoms with E-state index in [0.29, 0.717) is 17.0 Å². The fourth-order valence-corrected chi connectivity index (χ4v) is 4.17. The molecule has 1 saturated carbocycles. The maximum Gasteiger partial charge on any atom is 0.167 e. The molecule has 0 atom stereocenters. The van der Waals surface area contributed by atoms with E-state index in [4.69, 9.17) is 4.74 Å². The fraction of sp³-hybridized carbons (Fsp3) is 0.379. The molecule has 1 nitrogen and oxygen atoms in total. The number of ether oxygens (including phenoxy) is 1. The number of hydrogen-bond acceptors (Lipinski definition) is 1. The van der Waals surface area contributed by atoms with E-state index in [9.17, 15) is 8.78 Å². The summed E-state index contributed by atoms with van der Waals surface area (Å²) in [6.45, 7) is 5.00. The van der Waals surface area contributed by atoms with Gasteiger partial charge in [0.2, 0.25) is 0 Å². The zero-order valence-corrected chi connectivity index (χ0v) is 17.6. The summed E-state index contributed by atoms with van der Waals surface area (Å²) in [6.07, 6.45) is 4.99. The molecule has 0 radical (unpaired) electrons. The first-order valence-electron chi connectivity index (χ1n) is 10.8. The fourth-order valence-electron chi connectivity index (χ4n) is 4.17. The number of benzene rings is 3. The Morgan fingerprint density at radius 2 is 1.19 bits per heavy atom. The van der Waals surface area contributed by atoms with Crippen LogP contribution in [0.2, 0.25) is 0 Å². The summed E-state index contributed by atoms with van der Waals surface area (Å²) in [6, 6.07) is 18.0. The Kier molecular flexibility index (Phi) is 9.00. The molecular weight excluding hydrogens is 402 g/mol. The van der Waals surface area contributed by atoms with E-state index < -0.39 is 11.6 Å². The van der Waals surface area contributed by atoms with Crippen LogP contribution in [0.25, 0.3) is 22.3 Å². The highest BCUT2D eigenvalue weighted by molar-refractivity contribution is 5.72. The van der Waals surface area contributed by atoms with Crippen LogP contribution in [0, 0.1) is 30.4 Å². The standard InChI is InChI=1S/C27H28F2O.2CH4/c1-18-3-7-20(8-4-18)17-30-23-13-11-22(12-14-23)25-16-15-24(26(28)27(25)29)21-9-5-19(2)6-10-21;;/h5-6,9-16,18,20H,3-4,7-8,17H2,1-2H3;2*1H4. The van der Waals surface area contributed by atoms with Gasteiger partial charge in [-0.1, -0.05) is 88.7 Å². The molecule has 32 heavy (non-hydrogen) atoms. The monoisotopic (exact) mass is 438 g/mol.